The zero-order valence-corrected chi connectivity index (χ0v) is 12.0. The van der Waals surface area contributed by atoms with Gasteiger partial charge in [-0.2, -0.15) is 5.10 Å². The van der Waals surface area contributed by atoms with Crippen molar-refractivity contribution in [2.75, 3.05) is 7.05 Å². The molecule has 3 heterocycles. The molecule has 0 aliphatic rings. The molecule has 0 saturated heterocycles. The summed E-state index contributed by atoms with van der Waals surface area (Å²) in [6.45, 7) is 5.03. The predicted molar refractivity (Wildman–Crippen MR) is 79.2 cm³/mol. The molecule has 0 radical (unpaired) electrons. The van der Waals surface area contributed by atoms with Gasteiger partial charge in [-0.1, -0.05) is 19.9 Å². The average molecular weight is 269 g/mol. The molecule has 3 aromatic heterocycles. The summed E-state index contributed by atoms with van der Waals surface area (Å²) in [6, 6.07) is 8.07. The molecule has 3 rings (SSSR count). The van der Waals surface area contributed by atoms with Gasteiger partial charge in [-0.3, -0.25) is 0 Å². The normalized spacial score (nSPS) is 11.6. The lowest BCUT2D eigenvalue weighted by atomic mass is 10.1. The summed E-state index contributed by atoms with van der Waals surface area (Å²) in [5.74, 6) is 1.30. The zero-order valence-electron chi connectivity index (χ0n) is 12.0. The van der Waals surface area contributed by atoms with E-state index in [0.717, 1.165) is 29.4 Å². The largest absolute Gasteiger partial charge is 0.314 e. The summed E-state index contributed by atoms with van der Waals surface area (Å²) >= 11 is 0. The second-order valence-corrected chi connectivity index (χ2v) is 5.18. The van der Waals surface area contributed by atoms with Gasteiger partial charge in [0.15, 0.2) is 5.82 Å². The quantitative estimate of drug-likeness (QED) is 0.791. The van der Waals surface area contributed by atoms with Crippen LogP contribution >= 0.6 is 0 Å². The molecule has 3 aromatic rings. The zero-order chi connectivity index (χ0) is 14.1. The number of pyridine rings is 1. The van der Waals surface area contributed by atoms with Crippen LogP contribution in [0.4, 0.5) is 0 Å². The lowest BCUT2D eigenvalue weighted by Crippen LogP contribution is -2.11. The summed E-state index contributed by atoms with van der Waals surface area (Å²) in [7, 11) is 1.94. The van der Waals surface area contributed by atoms with Crippen molar-refractivity contribution in [1.82, 2.24) is 24.5 Å². The summed E-state index contributed by atoms with van der Waals surface area (Å²) in [6.07, 6.45) is 4.02. The Bertz CT molecular complexity index is 723. The minimum Gasteiger partial charge on any atom is -0.314 e. The Kier molecular flexibility index (Phi) is 3.28. The minimum atomic E-state index is 0.418. The van der Waals surface area contributed by atoms with E-state index < -0.39 is 0 Å². The molecule has 20 heavy (non-hydrogen) atoms. The smallest absolute Gasteiger partial charge is 0.176 e. The van der Waals surface area contributed by atoms with E-state index in [0.29, 0.717) is 5.92 Å². The number of hydrogen-bond donors (Lipinski definition) is 1. The number of nitrogens with zero attached hydrogens (tertiary/aromatic N) is 4. The van der Waals surface area contributed by atoms with E-state index in [-0.39, 0.29) is 0 Å². The Balaban J connectivity index is 2.15. The highest BCUT2D eigenvalue weighted by atomic mass is 15.3. The van der Waals surface area contributed by atoms with E-state index >= 15 is 0 Å². The number of nitrogens with one attached hydrogen (secondary N) is 1. The Morgan fingerprint density at radius 3 is 2.75 bits per heavy atom. The number of rotatable bonds is 4. The van der Waals surface area contributed by atoms with Crippen LogP contribution < -0.4 is 5.32 Å². The van der Waals surface area contributed by atoms with Crippen LogP contribution in [0.2, 0.25) is 0 Å². The second-order valence-electron chi connectivity index (χ2n) is 5.18. The molecule has 0 amide bonds. The summed E-state index contributed by atoms with van der Waals surface area (Å²) in [5.41, 5.74) is 3.13. The molecule has 0 spiro atoms. The molecule has 1 N–H and O–H groups in total. The topological polar surface area (TPSA) is 47.2 Å². The molecular formula is C15H19N5. The summed E-state index contributed by atoms with van der Waals surface area (Å²) in [5, 5.41) is 7.83. The third kappa shape index (κ3) is 2.10. The fourth-order valence-electron chi connectivity index (χ4n) is 2.31. The fourth-order valence-corrected chi connectivity index (χ4v) is 2.31. The van der Waals surface area contributed by atoms with E-state index in [1.54, 1.807) is 0 Å². The van der Waals surface area contributed by atoms with Crippen molar-refractivity contribution < 1.29 is 0 Å². The molecule has 0 atom stereocenters. The Morgan fingerprint density at radius 1 is 1.20 bits per heavy atom. The van der Waals surface area contributed by atoms with E-state index in [4.69, 9.17) is 4.98 Å². The van der Waals surface area contributed by atoms with Crippen molar-refractivity contribution >= 4 is 5.65 Å². The molecular weight excluding hydrogens is 250 g/mol. The summed E-state index contributed by atoms with van der Waals surface area (Å²) in [4.78, 5) is 4.70. The van der Waals surface area contributed by atoms with Crippen LogP contribution in [0.3, 0.4) is 0 Å². The first kappa shape index (κ1) is 12.9. The van der Waals surface area contributed by atoms with Crippen LogP contribution in [0.1, 0.15) is 31.2 Å². The van der Waals surface area contributed by atoms with Crippen molar-refractivity contribution in [1.29, 1.82) is 0 Å². The van der Waals surface area contributed by atoms with Crippen molar-refractivity contribution in [3.8, 4) is 5.82 Å². The average Bonchev–Trinajstić information content (AvgIpc) is 3.04. The summed E-state index contributed by atoms with van der Waals surface area (Å²) < 4.78 is 3.97. The maximum Gasteiger partial charge on any atom is 0.176 e. The number of hydrogen-bond acceptors (Lipinski definition) is 3. The third-order valence-corrected chi connectivity index (χ3v) is 3.37. The molecule has 0 unspecified atom stereocenters. The highest BCUT2D eigenvalue weighted by Crippen LogP contribution is 2.18. The van der Waals surface area contributed by atoms with Gasteiger partial charge in [0.25, 0.3) is 0 Å². The maximum absolute atomic E-state index is 4.70. The highest BCUT2D eigenvalue weighted by molar-refractivity contribution is 5.48. The van der Waals surface area contributed by atoms with Crippen molar-refractivity contribution in [2.24, 2.45) is 0 Å². The molecule has 5 nitrogen and oxygen atoms in total. The second kappa shape index (κ2) is 5.09. The van der Waals surface area contributed by atoms with E-state index in [2.05, 4.69) is 34.7 Å². The monoisotopic (exact) mass is 269 g/mol. The van der Waals surface area contributed by atoms with E-state index in [9.17, 15) is 0 Å². The van der Waals surface area contributed by atoms with Crippen molar-refractivity contribution in [3.05, 3.63) is 48.0 Å². The molecule has 0 saturated carbocycles. The number of aromatic nitrogens is 4. The van der Waals surface area contributed by atoms with Gasteiger partial charge in [0.2, 0.25) is 0 Å². The van der Waals surface area contributed by atoms with Crippen molar-refractivity contribution in [2.45, 2.75) is 26.3 Å². The number of fused-ring (bicyclic) bond motifs is 1. The first-order valence-electron chi connectivity index (χ1n) is 6.87. The van der Waals surface area contributed by atoms with Gasteiger partial charge in [0.05, 0.1) is 11.4 Å². The Morgan fingerprint density at radius 2 is 2.05 bits per heavy atom. The molecule has 5 heteroatoms. The van der Waals surface area contributed by atoms with E-state index in [1.165, 1.54) is 0 Å². The lowest BCUT2D eigenvalue weighted by molar-refractivity contribution is 0.732. The van der Waals surface area contributed by atoms with Crippen LogP contribution in [0, 0.1) is 0 Å². The van der Waals surface area contributed by atoms with Crippen molar-refractivity contribution in [3.63, 3.8) is 0 Å². The Hall–Kier alpha value is -2.14. The van der Waals surface area contributed by atoms with Gasteiger partial charge in [-0.05, 0) is 31.2 Å². The van der Waals surface area contributed by atoms with Crippen LogP contribution in [-0.4, -0.2) is 26.2 Å². The van der Waals surface area contributed by atoms with Crippen LogP contribution in [0.15, 0.2) is 36.7 Å². The van der Waals surface area contributed by atoms with Gasteiger partial charge >= 0.3 is 0 Å². The molecule has 0 aliphatic heterocycles. The minimum absolute atomic E-state index is 0.418. The Labute approximate surface area is 118 Å². The number of imidazole rings is 1. The SMILES string of the molecule is CNCc1c(-n2ccc(C(C)C)n2)nc2ccccn12. The van der Waals surface area contributed by atoms with Gasteiger partial charge in [0.1, 0.15) is 5.65 Å². The molecule has 0 bridgehead atoms. The van der Waals surface area contributed by atoms with Crippen LogP contribution in [0.5, 0.6) is 0 Å². The molecule has 0 fully saturated rings. The van der Waals surface area contributed by atoms with Gasteiger partial charge in [-0.15, -0.1) is 0 Å². The third-order valence-electron chi connectivity index (χ3n) is 3.37. The van der Waals surface area contributed by atoms with Crippen LogP contribution in [-0.2, 0) is 6.54 Å². The lowest BCUT2D eigenvalue weighted by Gasteiger charge is -2.04. The first-order valence-corrected chi connectivity index (χ1v) is 6.87. The van der Waals surface area contributed by atoms with E-state index in [1.807, 2.05) is 42.3 Å². The van der Waals surface area contributed by atoms with Gasteiger partial charge < -0.3 is 9.72 Å². The first-order chi connectivity index (χ1) is 9.70. The van der Waals surface area contributed by atoms with Crippen LogP contribution in [0.25, 0.3) is 11.5 Å². The highest BCUT2D eigenvalue weighted by Gasteiger charge is 2.14. The molecule has 0 aromatic carbocycles. The van der Waals surface area contributed by atoms with Gasteiger partial charge in [-0.25, -0.2) is 9.67 Å². The standard InChI is InChI=1S/C15H19N5/c1-11(2)12-7-9-20(18-12)15-13(10-16-3)19-8-5-4-6-14(19)17-15/h4-9,11,16H,10H2,1-3H3. The maximum atomic E-state index is 4.70. The molecule has 0 aliphatic carbocycles. The fraction of sp³-hybridized carbons (Fsp3) is 0.333. The molecule has 104 valence electrons. The van der Waals surface area contributed by atoms with Gasteiger partial charge in [0, 0.05) is 18.9 Å². The predicted octanol–water partition coefficient (Wildman–Crippen LogP) is 2.36.